The SMILES string of the molecule is CCN1C(=O)N[C@](C)([C@@H]2CCCN(CCc3cnn(C)c3)C2)C1=O. The van der Waals surface area contributed by atoms with Crippen LogP contribution in [-0.4, -0.2) is 63.2 Å². The maximum Gasteiger partial charge on any atom is 0.325 e. The van der Waals surface area contributed by atoms with Crippen LogP contribution in [0.15, 0.2) is 12.4 Å². The summed E-state index contributed by atoms with van der Waals surface area (Å²) in [5.41, 5.74) is 0.466. The molecule has 0 bridgehead atoms. The molecule has 0 saturated carbocycles. The van der Waals surface area contributed by atoms with E-state index in [1.54, 1.807) is 0 Å². The van der Waals surface area contributed by atoms with E-state index in [2.05, 4.69) is 15.3 Å². The number of likely N-dealkylation sites (tertiary alicyclic amines) is 1. The molecule has 0 radical (unpaired) electrons. The third-order valence-electron chi connectivity index (χ3n) is 5.41. The monoisotopic (exact) mass is 333 g/mol. The Morgan fingerprint density at radius 1 is 1.42 bits per heavy atom. The second-order valence-corrected chi connectivity index (χ2v) is 7.09. The zero-order valence-electron chi connectivity index (χ0n) is 14.8. The second kappa shape index (κ2) is 6.55. The van der Waals surface area contributed by atoms with Crippen molar-refractivity contribution in [2.45, 2.75) is 38.6 Å². The normalized spacial score (nSPS) is 28.5. The Morgan fingerprint density at radius 2 is 2.21 bits per heavy atom. The van der Waals surface area contributed by atoms with Crippen molar-refractivity contribution < 1.29 is 9.59 Å². The molecular formula is C17H27N5O2. The first kappa shape index (κ1) is 17.0. The summed E-state index contributed by atoms with van der Waals surface area (Å²) in [6.07, 6.45) is 6.94. The van der Waals surface area contributed by atoms with Gasteiger partial charge in [-0.15, -0.1) is 0 Å². The van der Waals surface area contributed by atoms with Crippen molar-refractivity contribution in [3.05, 3.63) is 18.0 Å². The van der Waals surface area contributed by atoms with Gasteiger partial charge in [-0.2, -0.15) is 5.10 Å². The molecular weight excluding hydrogens is 306 g/mol. The number of aromatic nitrogens is 2. The highest BCUT2D eigenvalue weighted by atomic mass is 16.2. The van der Waals surface area contributed by atoms with Crippen LogP contribution >= 0.6 is 0 Å². The molecule has 2 fully saturated rings. The maximum absolute atomic E-state index is 12.7. The Balaban J connectivity index is 1.63. The van der Waals surface area contributed by atoms with Crippen LogP contribution in [0, 0.1) is 5.92 Å². The number of amides is 3. The molecule has 0 unspecified atom stereocenters. The molecule has 2 atom stereocenters. The minimum absolute atomic E-state index is 0.0749. The lowest BCUT2D eigenvalue weighted by atomic mass is 9.80. The molecule has 0 aromatic carbocycles. The van der Waals surface area contributed by atoms with Gasteiger partial charge in [0.2, 0.25) is 0 Å². The van der Waals surface area contributed by atoms with E-state index in [0.29, 0.717) is 6.54 Å². The van der Waals surface area contributed by atoms with E-state index < -0.39 is 5.54 Å². The number of hydrogen-bond donors (Lipinski definition) is 1. The maximum atomic E-state index is 12.7. The third-order valence-corrected chi connectivity index (χ3v) is 5.41. The lowest BCUT2D eigenvalue weighted by Gasteiger charge is -2.39. The molecule has 3 rings (SSSR count). The Labute approximate surface area is 143 Å². The second-order valence-electron chi connectivity index (χ2n) is 7.09. The van der Waals surface area contributed by atoms with Crippen LogP contribution in [-0.2, 0) is 18.3 Å². The van der Waals surface area contributed by atoms with Crippen molar-refractivity contribution in [1.29, 1.82) is 0 Å². The molecule has 2 saturated heterocycles. The lowest BCUT2D eigenvalue weighted by Crippen LogP contribution is -2.56. The van der Waals surface area contributed by atoms with Crippen molar-refractivity contribution in [2.24, 2.45) is 13.0 Å². The van der Waals surface area contributed by atoms with E-state index in [4.69, 9.17) is 0 Å². The summed E-state index contributed by atoms with van der Waals surface area (Å²) in [7, 11) is 1.93. The van der Waals surface area contributed by atoms with Crippen LogP contribution in [0.2, 0.25) is 0 Å². The highest BCUT2D eigenvalue weighted by Gasteiger charge is 2.52. The number of hydrogen-bond acceptors (Lipinski definition) is 4. The Kier molecular flexibility index (Phi) is 4.62. The van der Waals surface area contributed by atoms with Gasteiger partial charge in [-0.3, -0.25) is 14.4 Å². The molecule has 1 N–H and O–H groups in total. The number of nitrogens with zero attached hydrogens (tertiary/aromatic N) is 4. The minimum Gasteiger partial charge on any atom is -0.323 e. The molecule has 7 heteroatoms. The van der Waals surface area contributed by atoms with Gasteiger partial charge in [0.1, 0.15) is 5.54 Å². The van der Waals surface area contributed by atoms with Gasteiger partial charge < -0.3 is 10.2 Å². The van der Waals surface area contributed by atoms with Crippen molar-refractivity contribution in [3.63, 3.8) is 0 Å². The number of carbonyl (C=O) groups is 2. The summed E-state index contributed by atoms with van der Waals surface area (Å²) < 4.78 is 1.82. The first-order valence-corrected chi connectivity index (χ1v) is 8.78. The Morgan fingerprint density at radius 3 is 2.83 bits per heavy atom. The standard InChI is InChI=1S/C17H27N5O2/c1-4-22-15(23)17(2,19-16(22)24)14-6-5-8-21(12-14)9-7-13-10-18-20(3)11-13/h10-11,14H,4-9,12H2,1-3H3,(H,19,24)/t14-,17-/m1/s1. The zero-order chi connectivity index (χ0) is 17.3. The van der Waals surface area contributed by atoms with Gasteiger partial charge in [-0.05, 0) is 45.2 Å². The first-order valence-electron chi connectivity index (χ1n) is 8.78. The van der Waals surface area contributed by atoms with Gasteiger partial charge >= 0.3 is 6.03 Å². The van der Waals surface area contributed by atoms with Crippen LogP contribution in [0.4, 0.5) is 4.79 Å². The Bertz CT molecular complexity index is 628. The van der Waals surface area contributed by atoms with E-state index in [1.807, 2.05) is 38.0 Å². The predicted octanol–water partition coefficient (Wildman–Crippen LogP) is 1.00. The quantitative estimate of drug-likeness (QED) is 0.816. The molecule has 2 aliphatic heterocycles. The zero-order valence-corrected chi connectivity index (χ0v) is 14.8. The molecule has 1 aromatic heterocycles. The first-order chi connectivity index (χ1) is 11.4. The largest absolute Gasteiger partial charge is 0.325 e. The van der Waals surface area contributed by atoms with E-state index in [0.717, 1.165) is 38.9 Å². The number of piperidine rings is 1. The molecule has 2 aliphatic rings. The molecule has 3 heterocycles. The molecule has 132 valence electrons. The fourth-order valence-electron chi connectivity index (χ4n) is 3.90. The summed E-state index contributed by atoms with van der Waals surface area (Å²) in [6, 6.07) is -0.252. The molecule has 0 spiro atoms. The number of aryl methyl sites for hydroxylation is 1. The van der Waals surface area contributed by atoms with Crippen LogP contribution in [0.25, 0.3) is 0 Å². The van der Waals surface area contributed by atoms with Crippen molar-refractivity contribution in [2.75, 3.05) is 26.2 Å². The predicted molar refractivity (Wildman–Crippen MR) is 90.4 cm³/mol. The lowest BCUT2D eigenvalue weighted by molar-refractivity contribution is -0.133. The van der Waals surface area contributed by atoms with Crippen molar-refractivity contribution >= 4 is 11.9 Å². The van der Waals surface area contributed by atoms with Crippen LogP contribution < -0.4 is 5.32 Å². The minimum atomic E-state index is -0.764. The van der Waals surface area contributed by atoms with Crippen molar-refractivity contribution in [1.82, 2.24) is 24.9 Å². The van der Waals surface area contributed by atoms with Gasteiger partial charge in [0, 0.05) is 38.8 Å². The van der Waals surface area contributed by atoms with Gasteiger partial charge in [-0.1, -0.05) is 0 Å². The average molecular weight is 333 g/mol. The number of imide groups is 1. The molecule has 3 amide bonds. The van der Waals surface area contributed by atoms with E-state index >= 15 is 0 Å². The fourth-order valence-corrected chi connectivity index (χ4v) is 3.90. The summed E-state index contributed by atoms with van der Waals surface area (Å²) >= 11 is 0. The van der Waals surface area contributed by atoms with Crippen LogP contribution in [0.3, 0.4) is 0 Å². The number of nitrogens with one attached hydrogen (secondary N) is 1. The van der Waals surface area contributed by atoms with E-state index in [-0.39, 0.29) is 17.9 Å². The number of rotatable bonds is 5. The number of carbonyl (C=O) groups excluding carboxylic acids is 2. The van der Waals surface area contributed by atoms with Crippen molar-refractivity contribution in [3.8, 4) is 0 Å². The molecule has 0 aliphatic carbocycles. The highest BCUT2D eigenvalue weighted by Crippen LogP contribution is 2.32. The van der Waals surface area contributed by atoms with E-state index in [1.165, 1.54) is 10.5 Å². The summed E-state index contributed by atoms with van der Waals surface area (Å²) in [5.74, 6) is 0.0854. The van der Waals surface area contributed by atoms with Gasteiger partial charge in [0.15, 0.2) is 0 Å². The molecule has 7 nitrogen and oxygen atoms in total. The fraction of sp³-hybridized carbons (Fsp3) is 0.706. The van der Waals surface area contributed by atoms with Crippen LogP contribution in [0.5, 0.6) is 0 Å². The highest BCUT2D eigenvalue weighted by molar-refractivity contribution is 6.07. The summed E-state index contributed by atoms with van der Waals surface area (Å²) in [4.78, 5) is 28.4. The number of urea groups is 1. The Hall–Kier alpha value is -1.89. The topological polar surface area (TPSA) is 70.5 Å². The van der Waals surface area contributed by atoms with E-state index in [9.17, 15) is 9.59 Å². The molecule has 1 aromatic rings. The smallest absolute Gasteiger partial charge is 0.323 e. The van der Waals surface area contributed by atoms with Gasteiger partial charge in [0.05, 0.1) is 6.20 Å². The molecule has 24 heavy (non-hydrogen) atoms. The van der Waals surface area contributed by atoms with Gasteiger partial charge in [0.25, 0.3) is 5.91 Å². The van der Waals surface area contributed by atoms with Gasteiger partial charge in [-0.25, -0.2) is 4.79 Å². The van der Waals surface area contributed by atoms with Crippen LogP contribution in [0.1, 0.15) is 32.3 Å². The third kappa shape index (κ3) is 3.05. The summed E-state index contributed by atoms with van der Waals surface area (Å²) in [6.45, 7) is 7.00. The average Bonchev–Trinajstić information content (AvgIpc) is 3.08. The number of likely N-dealkylation sites (N-methyl/N-ethyl adjacent to an activating group) is 1. The summed E-state index contributed by atoms with van der Waals surface area (Å²) in [5, 5.41) is 7.15.